The maximum absolute atomic E-state index is 11.1. The quantitative estimate of drug-likeness (QED) is 0.752. The van der Waals surface area contributed by atoms with Crippen LogP contribution in [0.2, 0.25) is 0 Å². The fourth-order valence-corrected chi connectivity index (χ4v) is 2.12. The molecule has 6 nitrogen and oxygen atoms in total. The van der Waals surface area contributed by atoms with Gasteiger partial charge in [-0.2, -0.15) is 4.98 Å². The van der Waals surface area contributed by atoms with Gasteiger partial charge in [0.1, 0.15) is 11.3 Å². The number of oxazole rings is 1. The summed E-state index contributed by atoms with van der Waals surface area (Å²) in [5.74, 6) is -0.239. The molecule has 0 aliphatic heterocycles. The molecule has 22 heavy (non-hydrogen) atoms. The summed E-state index contributed by atoms with van der Waals surface area (Å²) < 4.78 is 10.6. The minimum absolute atomic E-state index is 0.124. The summed E-state index contributed by atoms with van der Waals surface area (Å²) in [6.45, 7) is 0.513. The van der Waals surface area contributed by atoms with Crippen molar-refractivity contribution in [3.8, 4) is 5.75 Å². The van der Waals surface area contributed by atoms with Crippen LogP contribution in [-0.4, -0.2) is 23.2 Å². The van der Waals surface area contributed by atoms with E-state index in [0.29, 0.717) is 23.7 Å². The van der Waals surface area contributed by atoms with Crippen LogP contribution in [-0.2, 0) is 6.54 Å². The first-order valence-corrected chi connectivity index (χ1v) is 6.67. The predicted molar refractivity (Wildman–Crippen MR) is 81.3 cm³/mol. The first-order valence-electron chi connectivity index (χ1n) is 6.67. The van der Waals surface area contributed by atoms with E-state index in [1.165, 1.54) is 6.07 Å². The maximum Gasteiger partial charge on any atom is 0.338 e. The molecular formula is C16H14N2O4. The van der Waals surface area contributed by atoms with Crippen molar-refractivity contribution in [3.05, 3.63) is 53.6 Å². The lowest BCUT2D eigenvalue weighted by Gasteiger charge is -2.03. The molecule has 0 aliphatic rings. The summed E-state index contributed by atoms with van der Waals surface area (Å²) in [5.41, 5.74) is 1.93. The van der Waals surface area contributed by atoms with Gasteiger partial charge in [0.15, 0.2) is 5.58 Å². The smallest absolute Gasteiger partial charge is 0.338 e. The molecule has 0 aliphatic carbocycles. The van der Waals surface area contributed by atoms with Crippen LogP contribution in [0.4, 0.5) is 6.01 Å². The van der Waals surface area contributed by atoms with Crippen LogP contribution >= 0.6 is 0 Å². The number of methoxy groups -OCH3 is 1. The zero-order valence-electron chi connectivity index (χ0n) is 11.9. The Morgan fingerprint density at radius 2 is 2.05 bits per heavy atom. The molecule has 0 fully saturated rings. The minimum atomic E-state index is -1.03. The van der Waals surface area contributed by atoms with Gasteiger partial charge < -0.3 is 19.6 Å². The number of para-hydroxylation sites is 1. The summed E-state index contributed by atoms with van der Waals surface area (Å²) in [4.78, 5) is 15.3. The number of nitrogens with zero attached hydrogens (tertiary/aromatic N) is 1. The van der Waals surface area contributed by atoms with Gasteiger partial charge in [-0.1, -0.05) is 18.2 Å². The van der Waals surface area contributed by atoms with Crippen LogP contribution in [0.3, 0.4) is 0 Å². The van der Waals surface area contributed by atoms with Gasteiger partial charge in [0, 0.05) is 6.54 Å². The Labute approximate surface area is 126 Å². The van der Waals surface area contributed by atoms with Gasteiger partial charge in [-0.15, -0.1) is 0 Å². The largest absolute Gasteiger partial charge is 0.497 e. The summed E-state index contributed by atoms with van der Waals surface area (Å²) >= 11 is 0. The standard InChI is InChI=1S/C16H14N2O4/c1-21-11-7-5-10(6-8-11)9-17-16-18-14-12(15(19)20)3-2-4-13(14)22-16/h2-8H,9H2,1H3,(H,17,18)(H,19,20). The van der Waals surface area contributed by atoms with Crippen LogP contribution in [0.5, 0.6) is 5.75 Å². The predicted octanol–water partition coefficient (Wildman–Crippen LogP) is 3.15. The van der Waals surface area contributed by atoms with Gasteiger partial charge in [0.2, 0.25) is 0 Å². The highest BCUT2D eigenvalue weighted by Crippen LogP contribution is 2.23. The third kappa shape index (κ3) is 2.71. The molecule has 1 aromatic heterocycles. The highest BCUT2D eigenvalue weighted by Gasteiger charge is 2.14. The lowest BCUT2D eigenvalue weighted by molar-refractivity contribution is 0.0699. The van der Waals surface area contributed by atoms with Crippen molar-refractivity contribution in [2.24, 2.45) is 0 Å². The molecule has 0 saturated heterocycles. The SMILES string of the molecule is COc1ccc(CNc2nc3c(C(=O)O)cccc3o2)cc1. The van der Waals surface area contributed by atoms with Crippen LogP contribution in [0, 0.1) is 0 Å². The number of ether oxygens (including phenoxy) is 1. The number of hydrogen-bond acceptors (Lipinski definition) is 5. The number of nitrogens with one attached hydrogen (secondary N) is 1. The van der Waals surface area contributed by atoms with Crippen molar-refractivity contribution in [1.82, 2.24) is 4.98 Å². The highest BCUT2D eigenvalue weighted by atomic mass is 16.5. The van der Waals surface area contributed by atoms with E-state index in [2.05, 4.69) is 10.3 Å². The number of aromatic nitrogens is 1. The number of rotatable bonds is 5. The Morgan fingerprint density at radius 1 is 1.27 bits per heavy atom. The van der Waals surface area contributed by atoms with Gasteiger partial charge in [-0.3, -0.25) is 0 Å². The van der Waals surface area contributed by atoms with E-state index in [0.717, 1.165) is 11.3 Å². The second-order valence-electron chi connectivity index (χ2n) is 4.68. The summed E-state index contributed by atoms with van der Waals surface area (Å²) in [6, 6.07) is 12.7. The Hall–Kier alpha value is -3.02. The molecule has 0 radical (unpaired) electrons. The molecule has 0 saturated carbocycles. The second-order valence-corrected chi connectivity index (χ2v) is 4.68. The molecule has 0 amide bonds. The molecule has 2 N–H and O–H groups in total. The molecule has 3 rings (SSSR count). The molecule has 0 spiro atoms. The Kier molecular flexibility index (Phi) is 3.65. The van der Waals surface area contributed by atoms with Crippen LogP contribution in [0.1, 0.15) is 15.9 Å². The molecule has 0 bridgehead atoms. The first kappa shape index (κ1) is 13.9. The van der Waals surface area contributed by atoms with Gasteiger partial charge in [-0.05, 0) is 29.8 Å². The zero-order valence-corrected chi connectivity index (χ0v) is 11.9. The number of carboxylic acid groups (broad SMARTS) is 1. The Balaban J connectivity index is 1.79. The highest BCUT2D eigenvalue weighted by molar-refractivity contribution is 6.00. The van der Waals surface area contributed by atoms with Crippen LogP contribution in [0.15, 0.2) is 46.9 Å². The van der Waals surface area contributed by atoms with Crippen molar-refractivity contribution in [3.63, 3.8) is 0 Å². The molecule has 3 aromatic rings. The van der Waals surface area contributed by atoms with E-state index in [4.69, 9.17) is 14.3 Å². The maximum atomic E-state index is 11.1. The van der Waals surface area contributed by atoms with Crippen molar-refractivity contribution in [2.45, 2.75) is 6.54 Å². The average molecular weight is 298 g/mol. The zero-order chi connectivity index (χ0) is 15.5. The molecule has 1 heterocycles. The molecule has 112 valence electrons. The van der Waals surface area contributed by atoms with E-state index < -0.39 is 5.97 Å². The number of fused-ring (bicyclic) bond motifs is 1. The van der Waals surface area contributed by atoms with Gasteiger partial charge in [0.25, 0.3) is 6.01 Å². The van der Waals surface area contributed by atoms with E-state index >= 15 is 0 Å². The molecule has 6 heteroatoms. The third-order valence-electron chi connectivity index (χ3n) is 3.25. The van der Waals surface area contributed by atoms with Gasteiger partial charge in [0.05, 0.1) is 12.7 Å². The number of aromatic carboxylic acids is 1. The second kappa shape index (κ2) is 5.77. The van der Waals surface area contributed by atoms with E-state index in [-0.39, 0.29) is 5.56 Å². The molecular weight excluding hydrogens is 284 g/mol. The monoisotopic (exact) mass is 298 g/mol. The normalized spacial score (nSPS) is 10.6. The topological polar surface area (TPSA) is 84.6 Å². The van der Waals surface area contributed by atoms with Crippen LogP contribution < -0.4 is 10.1 Å². The lowest BCUT2D eigenvalue weighted by atomic mass is 10.2. The summed E-state index contributed by atoms with van der Waals surface area (Å²) in [5, 5.41) is 12.2. The first-order chi connectivity index (χ1) is 10.7. The van der Waals surface area contributed by atoms with Crippen molar-refractivity contribution in [1.29, 1.82) is 0 Å². The van der Waals surface area contributed by atoms with Crippen molar-refractivity contribution in [2.75, 3.05) is 12.4 Å². The van der Waals surface area contributed by atoms with E-state index in [1.54, 1.807) is 19.2 Å². The lowest BCUT2D eigenvalue weighted by Crippen LogP contribution is -2.00. The minimum Gasteiger partial charge on any atom is -0.497 e. The van der Waals surface area contributed by atoms with Crippen molar-refractivity contribution < 1.29 is 19.1 Å². The van der Waals surface area contributed by atoms with E-state index in [1.807, 2.05) is 24.3 Å². The Bertz CT molecular complexity index is 809. The van der Waals surface area contributed by atoms with Gasteiger partial charge in [-0.25, -0.2) is 4.79 Å². The molecule has 0 unspecified atom stereocenters. The number of benzene rings is 2. The fourth-order valence-electron chi connectivity index (χ4n) is 2.12. The number of hydrogen-bond donors (Lipinski definition) is 2. The molecule has 2 aromatic carbocycles. The summed E-state index contributed by atoms with van der Waals surface area (Å²) in [7, 11) is 1.62. The third-order valence-corrected chi connectivity index (χ3v) is 3.25. The Morgan fingerprint density at radius 3 is 2.73 bits per heavy atom. The number of carbonyl (C=O) groups is 1. The average Bonchev–Trinajstić information content (AvgIpc) is 2.96. The summed E-state index contributed by atoms with van der Waals surface area (Å²) in [6.07, 6.45) is 0. The fraction of sp³-hybridized carbons (Fsp3) is 0.125. The van der Waals surface area contributed by atoms with E-state index in [9.17, 15) is 4.79 Å². The number of carboxylic acids is 1. The van der Waals surface area contributed by atoms with Crippen LogP contribution in [0.25, 0.3) is 11.1 Å². The molecule has 0 atom stereocenters. The van der Waals surface area contributed by atoms with Gasteiger partial charge >= 0.3 is 5.97 Å². The van der Waals surface area contributed by atoms with Crippen molar-refractivity contribution >= 4 is 23.1 Å². The number of anilines is 1.